The number of anilines is 2. The highest BCUT2D eigenvalue weighted by Crippen LogP contribution is 2.16. The quantitative estimate of drug-likeness (QED) is 0.726. The first-order chi connectivity index (χ1) is 8.92. The molecule has 0 aliphatic carbocycles. The zero-order valence-corrected chi connectivity index (χ0v) is 12.1. The van der Waals surface area contributed by atoms with Crippen LogP contribution in [0.5, 0.6) is 0 Å². The predicted molar refractivity (Wildman–Crippen MR) is 78.6 cm³/mol. The molecule has 108 valence electrons. The van der Waals surface area contributed by atoms with Gasteiger partial charge in [-0.15, -0.1) is 0 Å². The summed E-state index contributed by atoms with van der Waals surface area (Å²) in [5.41, 5.74) is 5.33. The maximum Gasteiger partial charge on any atom is 0.330 e. The Bertz CT molecular complexity index is 532. The van der Waals surface area contributed by atoms with Crippen molar-refractivity contribution in [2.75, 3.05) is 11.1 Å². The predicted octanol–water partition coefficient (Wildman–Crippen LogP) is 1.38. The molecule has 0 bridgehead atoms. The molecule has 0 saturated carbocycles. The van der Waals surface area contributed by atoms with Crippen LogP contribution in [0, 0.1) is 5.92 Å². The Balaban J connectivity index is 3.17. The standard InChI is InChI=1S/C13H24N4O2/c1-5-7-17-11(14)10(12(18)16-13(17)19)15-9(4)8(3)6-2/h8-9,15H,5-7,14H2,1-4H3,(H,16,18,19). The molecule has 0 aromatic carbocycles. The van der Waals surface area contributed by atoms with Crippen LogP contribution in [0.1, 0.15) is 40.5 Å². The van der Waals surface area contributed by atoms with Gasteiger partial charge in [-0.3, -0.25) is 14.3 Å². The van der Waals surface area contributed by atoms with E-state index in [0.717, 1.165) is 12.8 Å². The smallest absolute Gasteiger partial charge is 0.330 e. The number of hydrogen-bond donors (Lipinski definition) is 3. The first-order valence-electron chi connectivity index (χ1n) is 6.81. The second-order valence-corrected chi connectivity index (χ2v) is 4.99. The van der Waals surface area contributed by atoms with E-state index in [0.29, 0.717) is 18.2 Å². The monoisotopic (exact) mass is 268 g/mol. The van der Waals surface area contributed by atoms with Gasteiger partial charge in [0.25, 0.3) is 5.56 Å². The summed E-state index contributed by atoms with van der Waals surface area (Å²) in [6.45, 7) is 8.64. The summed E-state index contributed by atoms with van der Waals surface area (Å²) in [6, 6.07) is 0.112. The summed E-state index contributed by atoms with van der Waals surface area (Å²) >= 11 is 0. The SMILES string of the molecule is CCCn1c(N)c(NC(C)C(C)CC)c(=O)[nH]c1=O. The van der Waals surface area contributed by atoms with Crippen molar-refractivity contribution < 1.29 is 0 Å². The van der Waals surface area contributed by atoms with Crippen LogP contribution in [-0.2, 0) is 6.54 Å². The Hall–Kier alpha value is -1.72. The van der Waals surface area contributed by atoms with Gasteiger partial charge in [0.1, 0.15) is 11.5 Å². The molecule has 1 aromatic heterocycles. The minimum absolute atomic E-state index is 0.112. The summed E-state index contributed by atoms with van der Waals surface area (Å²) in [7, 11) is 0. The van der Waals surface area contributed by atoms with Crippen LogP contribution in [0.25, 0.3) is 0 Å². The minimum atomic E-state index is -0.454. The van der Waals surface area contributed by atoms with E-state index < -0.39 is 11.2 Å². The Labute approximate surface area is 113 Å². The van der Waals surface area contributed by atoms with Crippen LogP contribution < -0.4 is 22.3 Å². The van der Waals surface area contributed by atoms with Crippen molar-refractivity contribution in [3.63, 3.8) is 0 Å². The Morgan fingerprint density at radius 1 is 1.32 bits per heavy atom. The molecule has 2 unspecified atom stereocenters. The van der Waals surface area contributed by atoms with E-state index in [1.54, 1.807) is 0 Å². The zero-order valence-electron chi connectivity index (χ0n) is 12.1. The fourth-order valence-corrected chi connectivity index (χ4v) is 1.90. The maximum atomic E-state index is 11.9. The third-order valence-electron chi connectivity index (χ3n) is 3.56. The molecule has 1 aromatic rings. The number of hydrogen-bond acceptors (Lipinski definition) is 4. The lowest BCUT2D eigenvalue weighted by atomic mass is 10.0. The number of aromatic amines is 1. The maximum absolute atomic E-state index is 11.9. The number of H-pyrrole nitrogens is 1. The van der Waals surface area contributed by atoms with Crippen molar-refractivity contribution in [1.29, 1.82) is 0 Å². The summed E-state index contributed by atoms with van der Waals surface area (Å²) < 4.78 is 1.40. The molecule has 4 N–H and O–H groups in total. The second-order valence-electron chi connectivity index (χ2n) is 4.99. The Morgan fingerprint density at radius 3 is 2.47 bits per heavy atom. The van der Waals surface area contributed by atoms with E-state index in [-0.39, 0.29) is 11.9 Å². The molecule has 19 heavy (non-hydrogen) atoms. The molecular weight excluding hydrogens is 244 g/mol. The normalized spacial score (nSPS) is 14.1. The molecule has 0 radical (unpaired) electrons. The van der Waals surface area contributed by atoms with Gasteiger partial charge in [-0.2, -0.15) is 0 Å². The molecule has 0 aliphatic rings. The van der Waals surface area contributed by atoms with Crippen LogP contribution in [0.2, 0.25) is 0 Å². The molecule has 0 spiro atoms. The highest BCUT2D eigenvalue weighted by molar-refractivity contribution is 5.60. The number of nitrogens with two attached hydrogens (primary N) is 1. The van der Waals surface area contributed by atoms with Crippen molar-refractivity contribution >= 4 is 11.5 Å². The molecule has 0 saturated heterocycles. The summed E-state index contributed by atoms with van der Waals surface area (Å²) in [6.07, 6.45) is 1.77. The number of rotatable bonds is 6. The van der Waals surface area contributed by atoms with E-state index in [9.17, 15) is 9.59 Å². The fraction of sp³-hybridized carbons (Fsp3) is 0.692. The molecule has 2 atom stereocenters. The van der Waals surface area contributed by atoms with Crippen molar-refractivity contribution in [3.8, 4) is 0 Å². The molecule has 6 nitrogen and oxygen atoms in total. The summed E-state index contributed by atoms with van der Waals surface area (Å²) in [4.78, 5) is 25.8. The number of nitrogen functional groups attached to an aromatic ring is 1. The number of nitrogens with one attached hydrogen (secondary N) is 2. The van der Waals surface area contributed by atoms with Gasteiger partial charge in [0, 0.05) is 12.6 Å². The molecule has 1 heterocycles. The van der Waals surface area contributed by atoms with E-state index in [1.807, 2.05) is 13.8 Å². The van der Waals surface area contributed by atoms with E-state index in [2.05, 4.69) is 24.1 Å². The highest BCUT2D eigenvalue weighted by Gasteiger charge is 2.16. The van der Waals surface area contributed by atoms with E-state index in [4.69, 9.17) is 5.73 Å². The van der Waals surface area contributed by atoms with Crippen molar-refractivity contribution in [3.05, 3.63) is 20.8 Å². The molecule has 1 rings (SSSR count). The average molecular weight is 268 g/mol. The zero-order chi connectivity index (χ0) is 14.6. The third-order valence-corrected chi connectivity index (χ3v) is 3.56. The topological polar surface area (TPSA) is 92.9 Å². The first kappa shape index (κ1) is 15.3. The number of nitrogens with zero attached hydrogens (tertiary/aromatic N) is 1. The first-order valence-corrected chi connectivity index (χ1v) is 6.81. The van der Waals surface area contributed by atoms with Gasteiger partial charge in [0.2, 0.25) is 0 Å². The molecule has 0 aliphatic heterocycles. The van der Waals surface area contributed by atoms with Crippen LogP contribution >= 0.6 is 0 Å². The van der Waals surface area contributed by atoms with Crippen LogP contribution in [-0.4, -0.2) is 15.6 Å². The van der Waals surface area contributed by atoms with Crippen molar-refractivity contribution in [2.45, 2.75) is 53.1 Å². The van der Waals surface area contributed by atoms with E-state index >= 15 is 0 Å². The lowest BCUT2D eigenvalue weighted by Crippen LogP contribution is -2.36. The van der Waals surface area contributed by atoms with Gasteiger partial charge in [0.15, 0.2) is 0 Å². The van der Waals surface area contributed by atoms with Gasteiger partial charge in [-0.1, -0.05) is 27.2 Å². The van der Waals surface area contributed by atoms with Gasteiger partial charge in [-0.05, 0) is 19.3 Å². The Kier molecular flexibility index (Phi) is 5.20. The lowest BCUT2D eigenvalue weighted by molar-refractivity contribution is 0.493. The molecule has 0 amide bonds. The van der Waals surface area contributed by atoms with Crippen LogP contribution in [0.15, 0.2) is 9.59 Å². The summed E-state index contributed by atoms with van der Waals surface area (Å²) in [5, 5.41) is 3.13. The molecule has 6 heteroatoms. The minimum Gasteiger partial charge on any atom is -0.383 e. The van der Waals surface area contributed by atoms with Crippen molar-refractivity contribution in [1.82, 2.24) is 9.55 Å². The van der Waals surface area contributed by atoms with Crippen LogP contribution in [0.3, 0.4) is 0 Å². The Morgan fingerprint density at radius 2 is 1.95 bits per heavy atom. The van der Waals surface area contributed by atoms with Crippen LogP contribution in [0.4, 0.5) is 11.5 Å². The lowest BCUT2D eigenvalue weighted by Gasteiger charge is -2.22. The second kappa shape index (κ2) is 6.45. The summed E-state index contributed by atoms with van der Waals surface area (Å²) in [5.74, 6) is 0.621. The molecule has 0 fully saturated rings. The van der Waals surface area contributed by atoms with Gasteiger partial charge in [0.05, 0.1) is 0 Å². The van der Waals surface area contributed by atoms with Gasteiger partial charge in [-0.25, -0.2) is 4.79 Å². The third kappa shape index (κ3) is 3.39. The van der Waals surface area contributed by atoms with Gasteiger partial charge >= 0.3 is 5.69 Å². The number of aromatic nitrogens is 2. The largest absolute Gasteiger partial charge is 0.383 e. The van der Waals surface area contributed by atoms with E-state index in [1.165, 1.54) is 4.57 Å². The molecular formula is C13H24N4O2. The highest BCUT2D eigenvalue weighted by atomic mass is 16.2. The van der Waals surface area contributed by atoms with Crippen molar-refractivity contribution in [2.24, 2.45) is 5.92 Å². The van der Waals surface area contributed by atoms with Gasteiger partial charge < -0.3 is 11.1 Å². The fourth-order valence-electron chi connectivity index (χ4n) is 1.90. The average Bonchev–Trinajstić information content (AvgIpc) is 2.38.